The van der Waals surface area contributed by atoms with E-state index in [0.717, 1.165) is 38.6 Å². The molecule has 1 aromatic rings. The molecule has 0 N–H and O–H groups in total. The van der Waals surface area contributed by atoms with E-state index in [9.17, 15) is 0 Å². The summed E-state index contributed by atoms with van der Waals surface area (Å²) in [4.78, 5) is 5.22. The van der Waals surface area contributed by atoms with Crippen LogP contribution in [0.5, 0.6) is 5.75 Å². The highest BCUT2D eigenvalue weighted by Crippen LogP contribution is 2.19. The number of benzene rings is 1. The van der Waals surface area contributed by atoms with Crippen molar-refractivity contribution >= 4 is 6.08 Å². The van der Waals surface area contributed by atoms with Crippen LogP contribution in [-0.4, -0.2) is 68.9 Å². The Kier molecular flexibility index (Phi) is 6.70. The molecule has 0 aliphatic carbocycles. The van der Waals surface area contributed by atoms with Gasteiger partial charge in [0.1, 0.15) is 5.75 Å². The number of ether oxygens (including phenoxy) is 2. The molecule has 0 radical (unpaired) electrons. The van der Waals surface area contributed by atoms with Crippen LogP contribution in [0.3, 0.4) is 0 Å². The van der Waals surface area contributed by atoms with Crippen molar-refractivity contribution in [2.24, 2.45) is 0 Å². The maximum Gasteiger partial charge on any atom is 0.118 e. The van der Waals surface area contributed by atoms with Gasteiger partial charge in [-0.3, -0.25) is 9.80 Å². The second kappa shape index (κ2) is 9.21. The molecule has 1 atom stereocenters. The van der Waals surface area contributed by atoms with Crippen molar-refractivity contribution in [1.29, 1.82) is 0 Å². The summed E-state index contributed by atoms with van der Waals surface area (Å²) in [6.45, 7) is 7.43. The van der Waals surface area contributed by atoms with E-state index in [1.165, 1.54) is 37.9 Å². The molecule has 2 saturated heterocycles. The summed E-state index contributed by atoms with van der Waals surface area (Å²) in [5.41, 5.74) is 1.23. The lowest BCUT2D eigenvalue weighted by Crippen LogP contribution is -2.49. The molecule has 1 aromatic carbocycles. The number of rotatable bonds is 6. The molecular weight excluding hydrogens is 300 g/mol. The van der Waals surface area contributed by atoms with Gasteiger partial charge in [0.15, 0.2) is 0 Å². The standard InChI is InChI=1S/C20H30N2O2/c1-23-20-9-7-18(8-10-20)5-4-12-22-11-3-2-6-19(22)17-21-13-15-24-16-14-21/h4-5,7-10,19H,2-3,6,11-17H2,1H3. The van der Waals surface area contributed by atoms with Gasteiger partial charge < -0.3 is 9.47 Å². The van der Waals surface area contributed by atoms with Crippen molar-refractivity contribution in [1.82, 2.24) is 9.80 Å². The predicted molar refractivity (Wildman–Crippen MR) is 98.5 cm³/mol. The normalized spacial score (nSPS) is 23.6. The molecule has 4 heteroatoms. The Bertz CT molecular complexity index is 509. The summed E-state index contributed by atoms with van der Waals surface area (Å²) < 4.78 is 10.7. The van der Waals surface area contributed by atoms with Crippen molar-refractivity contribution in [3.8, 4) is 5.75 Å². The van der Waals surface area contributed by atoms with E-state index in [2.05, 4.69) is 34.1 Å². The number of hydrogen-bond donors (Lipinski definition) is 0. The zero-order valence-electron chi connectivity index (χ0n) is 14.8. The van der Waals surface area contributed by atoms with Gasteiger partial charge >= 0.3 is 0 Å². The van der Waals surface area contributed by atoms with Gasteiger partial charge in [0.25, 0.3) is 0 Å². The molecule has 0 saturated carbocycles. The zero-order valence-corrected chi connectivity index (χ0v) is 14.8. The average Bonchev–Trinajstić information content (AvgIpc) is 2.64. The van der Waals surface area contributed by atoms with Crippen molar-refractivity contribution in [2.75, 3.05) is 53.0 Å². The van der Waals surface area contributed by atoms with Gasteiger partial charge in [-0.15, -0.1) is 0 Å². The first-order valence-corrected chi connectivity index (χ1v) is 9.20. The summed E-state index contributed by atoms with van der Waals surface area (Å²) in [6.07, 6.45) is 8.55. The van der Waals surface area contributed by atoms with Crippen LogP contribution in [0.4, 0.5) is 0 Å². The Balaban J connectivity index is 1.51. The minimum Gasteiger partial charge on any atom is -0.497 e. The highest BCUT2D eigenvalue weighted by Gasteiger charge is 2.24. The summed E-state index contributed by atoms with van der Waals surface area (Å²) in [6, 6.07) is 8.94. The first-order chi connectivity index (χ1) is 11.8. The molecule has 132 valence electrons. The van der Waals surface area contributed by atoms with Crippen molar-refractivity contribution in [3.63, 3.8) is 0 Å². The largest absolute Gasteiger partial charge is 0.497 e. The summed E-state index contributed by atoms with van der Waals surface area (Å²) in [5, 5.41) is 0. The Labute approximate surface area is 146 Å². The molecule has 0 amide bonds. The number of hydrogen-bond acceptors (Lipinski definition) is 4. The number of piperidine rings is 1. The van der Waals surface area contributed by atoms with Gasteiger partial charge in [0.05, 0.1) is 20.3 Å². The second-order valence-electron chi connectivity index (χ2n) is 6.73. The Morgan fingerprint density at radius 3 is 2.67 bits per heavy atom. The van der Waals surface area contributed by atoms with Gasteiger partial charge in [-0.05, 0) is 37.1 Å². The van der Waals surface area contributed by atoms with Gasteiger partial charge in [-0.2, -0.15) is 0 Å². The fraction of sp³-hybridized carbons (Fsp3) is 0.600. The van der Waals surface area contributed by atoms with Gasteiger partial charge in [0.2, 0.25) is 0 Å². The Hall–Kier alpha value is -1.36. The van der Waals surface area contributed by atoms with Crippen LogP contribution in [0.15, 0.2) is 30.3 Å². The minimum absolute atomic E-state index is 0.692. The van der Waals surface area contributed by atoms with Crippen molar-refractivity contribution < 1.29 is 9.47 Å². The van der Waals surface area contributed by atoms with Crippen LogP contribution in [0.1, 0.15) is 24.8 Å². The van der Waals surface area contributed by atoms with E-state index in [0.29, 0.717) is 6.04 Å². The maximum atomic E-state index is 5.47. The van der Waals surface area contributed by atoms with Gasteiger partial charge in [-0.25, -0.2) is 0 Å². The van der Waals surface area contributed by atoms with E-state index >= 15 is 0 Å². The van der Waals surface area contributed by atoms with Crippen LogP contribution < -0.4 is 4.74 Å². The van der Waals surface area contributed by atoms with E-state index < -0.39 is 0 Å². The third kappa shape index (κ3) is 5.07. The van der Waals surface area contributed by atoms with Crippen LogP contribution in [0.2, 0.25) is 0 Å². The molecule has 24 heavy (non-hydrogen) atoms. The molecule has 1 unspecified atom stereocenters. The van der Waals surface area contributed by atoms with Crippen LogP contribution in [0.25, 0.3) is 6.08 Å². The van der Waals surface area contributed by atoms with Crippen molar-refractivity contribution in [2.45, 2.75) is 25.3 Å². The molecule has 2 aliphatic rings. The SMILES string of the molecule is COc1ccc(C=CCN2CCCCC2CN2CCOCC2)cc1. The minimum atomic E-state index is 0.692. The summed E-state index contributed by atoms with van der Waals surface area (Å²) in [7, 11) is 1.70. The fourth-order valence-electron chi connectivity index (χ4n) is 3.63. The monoisotopic (exact) mass is 330 g/mol. The summed E-state index contributed by atoms with van der Waals surface area (Å²) >= 11 is 0. The van der Waals surface area contributed by atoms with Crippen molar-refractivity contribution in [3.05, 3.63) is 35.9 Å². The maximum absolute atomic E-state index is 5.47. The summed E-state index contributed by atoms with van der Waals surface area (Å²) in [5.74, 6) is 0.911. The number of morpholine rings is 1. The smallest absolute Gasteiger partial charge is 0.118 e. The number of likely N-dealkylation sites (tertiary alicyclic amines) is 1. The first-order valence-electron chi connectivity index (χ1n) is 9.20. The third-order valence-electron chi connectivity index (χ3n) is 5.09. The van der Waals surface area contributed by atoms with Crippen LogP contribution in [0, 0.1) is 0 Å². The molecule has 2 heterocycles. The first kappa shape index (κ1) is 17.5. The molecule has 0 aromatic heterocycles. The molecule has 0 bridgehead atoms. The molecule has 0 spiro atoms. The van der Waals surface area contributed by atoms with Crippen LogP contribution in [-0.2, 0) is 4.74 Å². The van der Waals surface area contributed by atoms with E-state index in [1.54, 1.807) is 7.11 Å². The quantitative estimate of drug-likeness (QED) is 0.801. The topological polar surface area (TPSA) is 24.9 Å². The molecule has 3 rings (SSSR count). The van der Waals surface area contributed by atoms with E-state index in [-0.39, 0.29) is 0 Å². The lowest BCUT2D eigenvalue weighted by atomic mass is 10.0. The highest BCUT2D eigenvalue weighted by atomic mass is 16.5. The average molecular weight is 330 g/mol. The lowest BCUT2D eigenvalue weighted by molar-refractivity contribution is 0.0186. The van der Waals surface area contributed by atoms with E-state index in [1.807, 2.05) is 12.1 Å². The number of nitrogens with zero attached hydrogens (tertiary/aromatic N) is 2. The Morgan fingerprint density at radius 1 is 1.12 bits per heavy atom. The molecule has 2 aliphatic heterocycles. The predicted octanol–water partition coefficient (Wildman–Crippen LogP) is 2.90. The molecule has 2 fully saturated rings. The van der Waals surface area contributed by atoms with E-state index in [4.69, 9.17) is 9.47 Å². The zero-order chi connectivity index (χ0) is 16.6. The fourth-order valence-corrected chi connectivity index (χ4v) is 3.63. The molecule has 4 nitrogen and oxygen atoms in total. The highest BCUT2D eigenvalue weighted by molar-refractivity contribution is 5.50. The van der Waals surface area contributed by atoms with Gasteiger partial charge in [0, 0.05) is 32.2 Å². The molecular formula is C20H30N2O2. The third-order valence-corrected chi connectivity index (χ3v) is 5.09. The Morgan fingerprint density at radius 2 is 1.92 bits per heavy atom. The van der Waals surface area contributed by atoms with Crippen LogP contribution >= 0.6 is 0 Å². The van der Waals surface area contributed by atoms with Gasteiger partial charge in [-0.1, -0.05) is 30.7 Å². The second-order valence-corrected chi connectivity index (χ2v) is 6.73. The number of methoxy groups -OCH3 is 1. The lowest BCUT2D eigenvalue weighted by Gasteiger charge is -2.39.